The van der Waals surface area contributed by atoms with E-state index in [2.05, 4.69) is 146 Å². The van der Waals surface area contributed by atoms with E-state index in [1.54, 1.807) is 8.83 Å². The van der Waals surface area contributed by atoms with Crippen LogP contribution < -0.4 is 28.1 Å². The van der Waals surface area contributed by atoms with Gasteiger partial charge in [0.1, 0.15) is 0 Å². The van der Waals surface area contributed by atoms with Crippen LogP contribution in [-0.2, 0) is 38.5 Å². The first kappa shape index (κ1) is 34.8. The number of hydrogen-bond acceptors (Lipinski definition) is 0. The van der Waals surface area contributed by atoms with Crippen LogP contribution in [0.25, 0.3) is 11.1 Å². The van der Waals surface area contributed by atoms with Gasteiger partial charge in [0.05, 0.1) is 0 Å². The zero-order valence-corrected chi connectivity index (χ0v) is 31.5. The van der Waals surface area contributed by atoms with E-state index in [9.17, 15) is 0 Å². The molecular formula is C40H41Cl3Zr. The summed E-state index contributed by atoms with van der Waals surface area (Å²) in [4.78, 5) is 0. The maximum absolute atomic E-state index is 6.70. The van der Waals surface area contributed by atoms with E-state index in [0.29, 0.717) is 3.63 Å². The number of halogens is 3. The van der Waals surface area contributed by atoms with Gasteiger partial charge in [0.15, 0.2) is 0 Å². The molecule has 6 rings (SSSR count). The number of allylic oxidation sites excluding steroid dienone is 4. The summed E-state index contributed by atoms with van der Waals surface area (Å²) in [6.07, 6.45) is 10.5. The summed E-state index contributed by atoms with van der Waals surface area (Å²) < 4.78 is 3.64. The van der Waals surface area contributed by atoms with Gasteiger partial charge in [-0.05, 0) is 0 Å². The van der Waals surface area contributed by atoms with Crippen LogP contribution in [0, 0.1) is 6.92 Å². The van der Waals surface area contributed by atoms with E-state index in [4.69, 9.17) is 11.6 Å². The van der Waals surface area contributed by atoms with Crippen LogP contribution in [0.1, 0.15) is 80.5 Å². The molecule has 0 N–H and O–H groups in total. The quantitative estimate of drug-likeness (QED) is 0.261. The Balaban J connectivity index is 0.00000221. The fourth-order valence-corrected chi connectivity index (χ4v) is 16.0. The van der Waals surface area contributed by atoms with Gasteiger partial charge >= 0.3 is 267 Å². The molecule has 2 aliphatic carbocycles. The molecule has 226 valence electrons. The van der Waals surface area contributed by atoms with Crippen molar-refractivity contribution in [3.63, 3.8) is 0 Å². The molecule has 0 radical (unpaired) electrons. The molecule has 0 aromatic heterocycles. The topological polar surface area (TPSA) is 0 Å². The predicted octanol–water partition coefficient (Wildman–Crippen LogP) is 4.25. The molecule has 4 heteroatoms. The molecular weight excluding hydrogens is 678 g/mol. The summed E-state index contributed by atoms with van der Waals surface area (Å²) in [5.41, 5.74) is 12.9. The monoisotopic (exact) mass is 716 g/mol. The summed E-state index contributed by atoms with van der Waals surface area (Å²) >= 11 is 3.92. The zero-order chi connectivity index (χ0) is 29.8. The third-order valence-corrected chi connectivity index (χ3v) is 17.1. The second-order valence-electron chi connectivity index (χ2n) is 14.0. The van der Waals surface area contributed by atoms with Crippen LogP contribution in [0.3, 0.4) is 0 Å². The molecule has 0 unspecified atom stereocenters. The molecule has 4 aromatic carbocycles. The Morgan fingerprint density at radius 2 is 1.39 bits per heavy atom. The third kappa shape index (κ3) is 6.73. The Bertz CT molecular complexity index is 1770. The van der Waals surface area contributed by atoms with Gasteiger partial charge in [0.25, 0.3) is 0 Å². The molecule has 44 heavy (non-hydrogen) atoms. The van der Waals surface area contributed by atoms with Gasteiger partial charge in [-0.3, -0.25) is 0 Å². The fourth-order valence-electron chi connectivity index (χ4n) is 6.60. The SMILES string of the molecule is Cc1ccc([C](c2cccc(Cl)c2)=[Zr+2]([c]2c(C(C)(C)C)ccc3c2Cc2cc(C(C)(C)C)ccc2-3)[CH]2C=CC=C2)cc1.[Cl-].[Cl-]. The van der Waals surface area contributed by atoms with Crippen molar-refractivity contribution in [2.75, 3.05) is 0 Å². The Labute approximate surface area is 289 Å². The standard InChI is InChI=1S/C21H25.C14H11Cl.C5H5.2ClH.Zr/c1-20(2,3)16-7-9-18-14(12-16)11-15-13-17(21(4,5)6)8-10-19(15)18;1-11-5-7-12(8-6-11)9-13-3-2-4-14(15)10-13;1-2-4-5-3-1;;;/h7-10,12H,11H2,1-6H3;2-8,10H,1H3;1-5H;2*1H;/q;;;;;+2/p-2. The van der Waals surface area contributed by atoms with Crippen molar-refractivity contribution in [1.82, 2.24) is 0 Å². The smallest absolute Gasteiger partial charge is 1.00 e. The molecule has 0 aliphatic heterocycles. The van der Waals surface area contributed by atoms with Gasteiger partial charge in [-0.15, -0.1) is 0 Å². The second-order valence-corrected chi connectivity index (χ2v) is 20.6. The van der Waals surface area contributed by atoms with Crippen molar-refractivity contribution in [3.05, 3.63) is 147 Å². The van der Waals surface area contributed by atoms with E-state index < -0.39 is 21.3 Å². The van der Waals surface area contributed by atoms with Crippen LogP contribution in [0.2, 0.25) is 8.65 Å². The first-order valence-electron chi connectivity index (χ1n) is 15.1. The molecule has 0 saturated heterocycles. The molecule has 2 aliphatic rings. The molecule has 0 heterocycles. The molecule has 4 aromatic rings. The van der Waals surface area contributed by atoms with E-state index in [-0.39, 0.29) is 35.6 Å². The van der Waals surface area contributed by atoms with Crippen LogP contribution in [-0.4, -0.2) is 3.21 Å². The molecule has 0 nitrogen and oxygen atoms in total. The van der Waals surface area contributed by atoms with Gasteiger partial charge in [0, 0.05) is 0 Å². The number of fused-ring (bicyclic) bond motifs is 3. The van der Waals surface area contributed by atoms with Crippen molar-refractivity contribution in [2.24, 2.45) is 0 Å². The van der Waals surface area contributed by atoms with Crippen LogP contribution >= 0.6 is 11.6 Å². The number of benzene rings is 4. The van der Waals surface area contributed by atoms with Gasteiger partial charge in [-0.2, -0.15) is 0 Å². The van der Waals surface area contributed by atoms with Crippen LogP contribution in [0.4, 0.5) is 0 Å². The van der Waals surface area contributed by atoms with Crippen molar-refractivity contribution in [3.8, 4) is 11.1 Å². The van der Waals surface area contributed by atoms with Gasteiger partial charge in [0.2, 0.25) is 0 Å². The Morgan fingerprint density at radius 1 is 0.727 bits per heavy atom. The van der Waals surface area contributed by atoms with E-state index in [0.717, 1.165) is 11.4 Å². The van der Waals surface area contributed by atoms with Gasteiger partial charge < -0.3 is 24.8 Å². The first-order chi connectivity index (χ1) is 19.9. The summed E-state index contributed by atoms with van der Waals surface area (Å²) in [5, 5.41) is 0.800. The minimum absolute atomic E-state index is 0. The van der Waals surface area contributed by atoms with E-state index in [1.807, 2.05) is 6.07 Å². The largest absolute Gasteiger partial charge is 1.00 e. The summed E-state index contributed by atoms with van der Waals surface area (Å²) in [6.45, 7) is 16.3. The average molecular weight is 719 g/mol. The summed E-state index contributed by atoms with van der Waals surface area (Å²) in [6, 6.07) is 30.0. The van der Waals surface area contributed by atoms with E-state index >= 15 is 0 Å². The second kappa shape index (κ2) is 13.4. The number of aryl methyl sites for hydroxylation is 1. The molecule has 0 spiro atoms. The molecule has 0 saturated carbocycles. The van der Waals surface area contributed by atoms with Crippen LogP contribution in [0.15, 0.2) is 103 Å². The van der Waals surface area contributed by atoms with E-state index in [1.165, 1.54) is 47.7 Å². The van der Waals surface area contributed by atoms with Gasteiger partial charge in [-0.25, -0.2) is 0 Å². The fraction of sp³-hybridized carbons (Fsp3) is 0.275. The van der Waals surface area contributed by atoms with Crippen molar-refractivity contribution in [1.29, 1.82) is 0 Å². The summed E-state index contributed by atoms with van der Waals surface area (Å²) in [5.74, 6) is 0. The molecule has 0 amide bonds. The van der Waals surface area contributed by atoms with Crippen molar-refractivity contribution in [2.45, 2.75) is 69.3 Å². The normalized spacial score (nSPS) is 14.0. The minimum atomic E-state index is -2.78. The van der Waals surface area contributed by atoms with Gasteiger partial charge in [-0.1, -0.05) is 0 Å². The first-order valence-corrected chi connectivity index (χ1v) is 19.4. The molecule has 0 atom stereocenters. The third-order valence-electron chi connectivity index (χ3n) is 8.82. The maximum atomic E-state index is 6.70. The number of rotatable bonds is 4. The number of hydrogen-bond donors (Lipinski definition) is 0. The average Bonchev–Trinajstić information content (AvgIpc) is 3.59. The van der Waals surface area contributed by atoms with Crippen molar-refractivity contribution >= 4 is 18.1 Å². The molecule has 0 bridgehead atoms. The predicted molar refractivity (Wildman–Crippen MR) is 180 cm³/mol. The maximum Gasteiger partial charge on any atom is -1.00 e. The minimum Gasteiger partial charge on any atom is -1.00 e. The van der Waals surface area contributed by atoms with Crippen molar-refractivity contribution < 1.29 is 46.1 Å². The van der Waals surface area contributed by atoms with Crippen LogP contribution in [0.5, 0.6) is 0 Å². The molecule has 0 fully saturated rings. The Hall–Kier alpha value is -2.02. The Kier molecular flexibility index (Phi) is 10.6. The summed E-state index contributed by atoms with van der Waals surface area (Å²) in [7, 11) is 0. The Morgan fingerprint density at radius 3 is 2.00 bits per heavy atom. The zero-order valence-electron chi connectivity index (χ0n) is 26.7.